The van der Waals surface area contributed by atoms with E-state index in [9.17, 15) is 18.0 Å². The molecule has 1 aliphatic rings. The topological polar surface area (TPSA) is 65.4 Å². The predicted octanol–water partition coefficient (Wildman–Crippen LogP) is 4.09. The van der Waals surface area contributed by atoms with Crippen LogP contribution in [0.5, 0.6) is 11.5 Å². The number of methoxy groups -OCH3 is 1. The number of nitrogens with one attached hydrogen (secondary N) is 1. The molecule has 2 heterocycles. The summed E-state index contributed by atoms with van der Waals surface area (Å²) in [6.45, 7) is 2.48. The average Bonchev–Trinajstić information content (AvgIpc) is 2.74. The van der Waals surface area contributed by atoms with Crippen LogP contribution in [0.15, 0.2) is 35.3 Å². The normalized spacial score (nSPS) is 12.8. The third-order valence-corrected chi connectivity index (χ3v) is 5.08. The van der Waals surface area contributed by atoms with E-state index in [0.29, 0.717) is 12.3 Å². The van der Waals surface area contributed by atoms with E-state index in [1.54, 1.807) is 0 Å². The van der Waals surface area contributed by atoms with Gasteiger partial charge in [0, 0.05) is 5.69 Å². The number of ether oxygens (including phenoxy) is 2. The van der Waals surface area contributed by atoms with Crippen molar-refractivity contribution in [3.05, 3.63) is 75.0 Å². The molecule has 0 saturated carbocycles. The Morgan fingerprint density at radius 1 is 1.19 bits per heavy atom. The van der Waals surface area contributed by atoms with Crippen LogP contribution in [0.3, 0.4) is 0 Å². The van der Waals surface area contributed by atoms with Crippen LogP contribution in [0.4, 0.5) is 24.8 Å². The largest absolute Gasteiger partial charge is 0.493 e. The first-order valence-electron chi connectivity index (χ1n) is 9.68. The average molecular weight is 431 g/mol. The SMILES string of the molecule is COc1cn(Cc2cc(F)c(F)c(F)c2)c(Nc2cc3c(cc2C)OCCC3)nc1=O. The fourth-order valence-electron chi connectivity index (χ4n) is 3.49. The van der Waals surface area contributed by atoms with Crippen molar-refractivity contribution in [1.29, 1.82) is 0 Å². The molecule has 1 aliphatic heterocycles. The Balaban J connectivity index is 1.74. The highest BCUT2D eigenvalue weighted by Crippen LogP contribution is 2.32. The van der Waals surface area contributed by atoms with Gasteiger partial charge in [0.05, 0.1) is 26.5 Å². The first-order valence-corrected chi connectivity index (χ1v) is 9.68. The fraction of sp³-hybridized carbons (Fsp3) is 0.273. The number of aryl methyl sites for hydroxylation is 2. The molecule has 0 unspecified atom stereocenters. The first-order chi connectivity index (χ1) is 14.9. The second kappa shape index (κ2) is 8.33. The van der Waals surface area contributed by atoms with Gasteiger partial charge in [-0.15, -0.1) is 0 Å². The first kappa shape index (κ1) is 20.8. The zero-order chi connectivity index (χ0) is 22.1. The lowest BCUT2D eigenvalue weighted by Gasteiger charge is -2.21. The Labute approximate surface area is 176 Å². The van der Waals surface area contributed by atoms with Crippen molar-refractivity contribution in [3.63, 3.8) is 0 Å². The van der Waals surface area contributed by atoms with Crippen molar-refractivity contribution >= 4 is 11.6 Å². The summed E-state index contributed by atoms with van der Waals surface area (Å²) in [4.78, 5) is 16.3. The van der Waals surface area contributed by atoms with E-state index in [2.05, 4.69) is 10.3 Å². The minimum atomic E-state index is -1.54. The van der Waals surface area contributed by atoms with Crippen LogP contribution in [-0.4, -0.2) is 23.3 Å². The molecule has 1 N–H and O–H groups in total. The third-order valence-electron chi connectivity index (χ3n) is 5.08. The van der Waals surface area contributed by atoms with Gasteiger partial charge in [-0.3, -0.25) is 4.79 Å². The van der Waals surface area contributed by atoms with Gasteiger partial charge in [0.25, 0.3) is 0 Å². The molecule has 1 aromatic heterocycles. The van der Waals surface area contributed by atoms with E-state index < -0.39 is 23.0 Å². The van der Waals surface area contributed by atoms with E-state index in [1.165, 1.54) is 17.9 Å². The number of anilines is 2. The summed E-state index contributed by atoms with van der Waals surface area (Å²) < 4.78 is 52.9. The molecule has 0 spiro atoms. The number of rotatable bonds is 5. The summed E-state index contributed by atoms with van der Waals surface area (Å²) >= 11 is 0. The lowest BCUT2D eigenvalue weighted by Crippen LogP contribution is -2.19. The molecule has 6 nitrogen and oxygen atoms in total. The summed E-state index contributed by atoms with van der Waals surface area (Å²) in [6.07, 6.45) is 3.15. The van der Waals surface area contributed by atoms with Gasteiger partial charge in [-0.1, -0.05) is 0 Å². The number of halogens is 3. The van der Waals surface area contributed by atoms with Gasteiger partial charge in [0.2, 0.25) is 11.7 Å². The molecule has 162 valence electrons. The van der Waals surface area contributed by atoms with E-state index in [0.717, 1.165) is 41.9 Å². The smallest absolute Gasteiger partial charge is 0.316 e. The Bertz CT molecular complexity index is 1190. The Hall–Kier alpha value is -3.49. The lowest BCUT2D eigenvalue weighted by molar-refractivity contribution is 0.288. The highest BCUT2D eigenvalue weighted by Gasteiger charge is 2.17. The highest BCUT2D eigenvalue weighted by molar-refractivity contribution is 5.63. The molecule has 0 amide bonds. The number of hydrogen-bond donors (Lipinski definition) is 1. The number of nitrogens with zero attached hydrogens (tertiary/aromatic N) is 2. The molecule has 9 heteroatoms. The summed E-state index contributed by atoms with van der Waals surface area (Å²) in [5, 5.41) is 3.12. The molecular formula is C22H20F3N3O3. The molecule has 0 fully saturated rings. The van der Waals surface area contributed by atoms with Crippen molar-refractivity contribution < 1.29 is 22.6 Å². The minimum absolute atomic E-state index is 0.0378. The van der Waals surface area contributed by atoms with Crippen LogP contribution < -0.4 is 20.3 Å². The quantitative estimate of drug-likeness (QED) is 0.617. The molecule has 0 bridgehead atoms. The van der Waals surface area contributed by atoms with Gasteiger partial charge in [0.1, 0.15) is 5.75 Å². The zero-order valence-corrected chi connectivity index (χ0v) is 17.0. The lowest BCUT2D eigenvalue weighted by atomic mass is 10.0. The van der Waals surface area contributed by atoms with Crippen LogP contribution in [0.1, 0.15) is 23.1 Å². The highest BCUT2D eigenvalue weighted by atomic mass is 19.2. The maximum atomic E-state index is 13.7. The van der Waals surface area contributed by atoms with E-state index in [4.69, 9.17) is 9.47 Å². The van der Waals surface area contributed by atoms with E-state index in [-0.39, 0.29) is 23.8 Å². The minimum Gasteiger partial charge on any atom is -0.493 e. The second-order valence-corrected chi connectivity index (χ2v) is 7.29. The van der Waals surface area contributed by atoms with Crippen molar-refractivity contribution in [1.82, 2.24) is 9.55 Å². The Morgan fingerprint density at radius 3 is 2.65 bits per heavy atom. The molecule has 3 aromatic rings. The standard InChI is InChI=1S/C22H20F3N3O3/c1-12-6-18-14(4-3-5-31-18)9-17(12)26-22-27-21(29)19(30-2)11-28(22)10-13-7-15(23)20(25)16(24)8-13/h6-9,11H,3-5,10H2,1-2H3,(H,26,27,29). The number of aromatic nitrogens is 2. The fourth-order valence-corrected chi connectivity index (χ4v) is 3.49. The van der Waals surface area contributed by atoms with Gasteiger partial charge < -0.3 is 19.4 Å². The Kier molecular flexibility index (Phi) is 5.58. The Morgan fingerprint density at radius 2 is 1.94 bits per heavy atom. The van der Waals surface area contributed by atoms with E-state index in [1.807, 2.05) is 19.1 Å². The summed E-state index contributed by atoms with van der Waals surface area (Å²) in [7, 11) is 1.32. The number of hydrogen-bond acceptors (Lipinski definition) is 5. The molecule has 0 saturated heterocycles. The molecule has 0 aliphatic carbocycles. The van der Waals surface area contributed by atoms with Gasteiger partial charge in [0.15, 0.2) is 17.5 Å². The van der Waals surface area contributed by atoms with Crippen LogP contribution in [0.25, 0.3) is 0 Å². The van der Waals surface area contributed by atoms with Crippen LogP contribution in [0, 0.1) is 24.4 Å². The van der Waals surface area contributed by atoms with Crippen molar-refractivity contribution in [2.45, 2.75) is 26.3 Å². The molecule has 0 atom stereocenters. The number of fused-ring (bicyclic) bond motifs is 1. The van der Waals surface area contributed by atoms with Crippen molar-refractivity contribution in [3.8, 4) is 11.5 Å². The van der Waals surface area contributed by atoms with Gasteiger partial charge >= 0.3 is 5.56 Å². The molecule has 0 radical (unpaired) electrons. The summed E-state index contributed by atoms with van der Waals surface area (Å²) in [5.74, 6) is -3.19. The van der Waals surface area contributed by atoms with Crippen LogP contribution in [0.2, 0.25) is 0 Å². The zero-order valence-electron chi connectivity index (χ0n) is 17.0. The molecule has 4 rings (SSSR count). The molecule has 31 heavy (non-hydrogen) atoms. The third kappa shape index (κ3) is 4.21. The monoisotopic (exact) mass is 431 g/mol. The number of benzene rings is 2. The predicted molar refractivity (Wildman–Crippen MR) is 109 cm³/mol. The maximum absolute atomic E-state index is 13.7. The second-order valence-electron chi connectivity index (χ2n) is 7.29. The maximum Gasteiger partial charge on any atom is 0.316 e. The van der Waals surface area contributed by atoms with Gasteiger partial charge in [-0.2, -0.15) is 4.98 Å². The van der Waals surface area contributed by atoms with E-state index >= 15 is 0 Å². The summed E-state index contributed by atoms with van der Waals surface area (Å²) in [6, 6.07) is 5.64. The van der Waals surface area contributed by atoms with Gasteiger partial charge in [-0.05, 0) is 60.7 Å². The molecular weight excluding hydrogens is 411 g/mol. The van der Waals surface area contributed by atoms with Crippen molar-refractivity contribution in [2.75, 3.05) is 19.0 Å². The summed E-state index contributed by atoms with van der Waals surface area (Å²) in [5.41, 5.74) is 2.17. The van der Waals surface area contributed by atoms with Crippen LogP contribution >= 0.6 is 0 Å². The molecule has 2 aromatic carbocycles. The van der Waals surface area contributed by atoms with Crippen molar-refractivity contribution in [2.24, 2.45) is 0 Å². The van der Waals surface area contributed by atoms with Gasteiger partial charge in [-0.25, -0.2) is 13.2 Å². The van der Waals surface area contributed by atoms with Crippen LogP contribution in [-0.2, 0) is 13.0 Å².